The zero-order valence-corrected chi connectivity index (χ0v) is 12.6. The second-order valence-electron chi connectivity index (χ2n) is 6.71. The lowest BCUT2D eigenvalue weighted by molar-refractivity contribution is -0.145. The summed E-state index contributed by atoms with van der Waals surface area (Å²) >= 11 is 0. The van der Waals surface area contributed by atoms with Crippen molar-refractivity contribution in [2.24, 2.45) is 5.92 Å². The van der Waals surface area contributed by atoms with Crippen LogP contribution in [-0.4, -0.2) is 45.4 Å². The van der Waals surface area contributed by atoms with Gasteiger partial charge in [0.05, 0.1) is 11.5 Å². The maximum atomic E-state index is 11.0. The largest absolute Gasteiger partial charge is 0.481 e. The van der Waals surface area contributed by atoms with Crippen molar-refractivity contribution in [3.05, 3.63) is 0 Å². The van der Waals surface area contributed by atoms with Crippen molar-refractivity contribution in [2.45, 2.75) is 76.5 Å². The molecule has 2 fully saturated rings. The van der Waals surface area contributed by atoms with Crippen LogP contribution >= 0.6 is 0 Å². The summed E-state index contributed by atoms with van der Waals surface area (Å²) in [7, 11) is 0. The molecule has 2 aliphatic rings. The average Bonchev–Trinajstić information content (AvgIpc) is 2.38. The monoisotopic (exact) mass is 284 g/mol. The molecule has 1 aliphatic heterocycles. The summed E-state index contributed by atoms with van der Waals surface area (Å²) in [6.07, 6.45) is 5.97. The summed E-state index contributed by atoms with van der Waals surface area (Å²) in [5.41, 5.74) is 2.66. The third kappa shape index (κ3) is 3.71. The summed E-state index contributed by atoms with van der Waals surface area (Å²) in [5.74, 6) is -0.999. The minimum Gasteiger partial charge on any atom is -0.481 e. The summed E-state index contributed by atoms with van der Waals surface area (Å²) in [6.45, 7) is 4.97. The first kappa shape index (κ1) is 15.7. The number of hydrogen-bond acceptors (Lipinski definition) is 4. The van der Waals surface area contributed by atoms with Crippen LogP contribution in [0.25, 0.3) is 0 Å². The molecule has 2 atom stereocenters. The highest BCUT2D eigenvalue weighted by atomic mass is 16.4. The molecule has 0 aromatic rings. The zero-order chi connectivity index (χ0) is 14.8. The van der Waals surface area contributed by atoms with E-state index in [1.807, 2.05) is 0 Å². The van der Waals surface area contributed by atoms with Gasteiger partial charge in [0.25, 0.3) is 0 Å². The fourth-order valence-corrected chi connectivity index (χ4v) is 3.55. The van der Waals surface area contributed by atoms with Gasteiger partial charge >= 0.3 is 5.97 Å². The summed E-state index contributed by atoms with van der Waals surface area (Å²) in [5, 5.41) is 21.9. The Kier molecular flexibility index (Phi) is 5.04. The van der Waals surface area contributed by atoms with Crippen molar-refractivity contribution in [1.29, 1.82) is 0 Å². The molecule has 0 bridgehead atoms. The van der Waals surface area contributed by atoms with E-state index < -0.39 is 11.6 Å². The van der Waals surface area contributed by atoms with E-state index in [2.05, 4.69) is 24.3 Å². The normalized spacial score (nSPS) is 39.6. The number of aliphatic hydroxyl groups is 1. The van der Waals surface area contributed by atoms with Gasteiger partial charge in [0.1, 0.15) is 0 Å². The topological polar surface area (TPSA) is 72.8 Å². The van der Waals surface area contributed by atoms with E-state index in [0.717, 1.165) is 0 Å². The minimum atomic E-state index is -0.747. The Morgan fingerprint density at radius 3 is 2.25 bits per heavy atom. The Hall–Kier alpha value is -0.650. The molecule has 0 spiro atoms. The lowest BCUT2D eigenvalue weighted by Crippen LogP contribution is -2.56. The quantitative estimate of drug-likeness (QED) is 0.733. The van der Waals surface area contributed by atoms with Gasteiger partial charge in [0, 0.05) is 18.6 Å². The molecule has 0 radical (unpaired) electrons. The molecule has 0 amide bonds. The van der Waals surface area contributed by atoms with Crippen LogP contribution in [0.15, 0.2) is 0 Å². The van der Waals surface area contributed by atoms with Gasteiger partial charge < -0.3 is 10.2 Å². The number of carbonyl (C=O) groups is 1. The maximum Gasteiger partial charge on any atom is 0.306 e. The van der Waals surface area contributed by atoms with Crippen LogP contribution in [0.5, 0.6) is 0 Å². The van der Waals surface area contributed by atoms with Gasteiger partial charge in [-0.05, 0) is 52.4 Å². The van der Waals surface area contributed by atoms with Crippen LogP contribution in [0.2, 0.25) is 0 Å². The van der Waals surface area contributed by atoms with Gasteiger partial charge in [-0.25, -0.2) is 5.01 Å². The van der Waals surface area contributed by atoms with Gasteiger partial charge in [-0.2, -0.15) is 0 Å². The molecule has 0 aromatic heterocycles. The van der Waals surface area contributed by atoms with Crippen LogP contribution in [0.1, 0.15) is 58.8 Å². The van der Waals surface area contributed by atoms with Crippen molar-refractivity contribution in [2.75, 3.05) is 6.54 Å². The number of carboxylic acids is 1. The highest BCUT2D eigenvalue weighted by Gasteiger charge is 2.36. The van der Waals surface area contributed by atoms with E-state index in [9.17, 15) is 9.90 Å². The minimum absolute atomic E-state index is 0.275. The second-order valence-corrected chi connectivity index (χ2v) is 6.71. The lowest BCUT2D eigenvalue weighted by Gasteiger charge is -2.42. The van der Waals surface area contributed by atoms with Crippen molar-refractivity contribution in [3.63, 3.8) is 0 Å². The van der Waals surface area contributed by atoms with Crippen molar-refractivity contribution in [3.8, 4) is 0 Å². The molecule has 116 valence electrons. The van der Waals surface area contributed by atoms with E-state index >= 15 is 0 Å². The van der Waals surface area contributed by atoms with Crippen LogP contribution < -0.4 is 5.43 Å². The molecule has 1 aliphatic carbocycles. The van der Waals surface area contributed by atoms with Crippen LogP contribution in [0, 0.1) is 5.92 Å². The number of hydrazine groups is 1. The Labute approximate surface area is 121 Å². The summed E-state index contributed by atoms with van der Waals surface area (Å²) in [6, 6.07) is 0.996. The maximum absolute atomic E-state index is 11.0. The number of rotatable bonds is 4. The molecular weight excluding hydrogens is 256 g/mol. The third-order valence-corrected chi connectivity index (χ3v) is 5.05. The fourth-order valence-electron chi connectivity index (χ4n) is 3.55. The molecule has 2 rings (SSSR count). The molecule has 1 saturated carbocycles. The second kappa shape index (κ2) is 6.41. The van der Waals surface area contributed by atoms with Crippen molar-refractivity contribution in [1.82, 2.24) is 10.4 Å². The van der Waals surface area contributed by atoms with E-state index in [1.165, 1.54) is 19.3 Å². The van der Waals surface area contributed by atoms with Gasteiger partial charge in [0.15, 0.2) is 0 Å². The van der Waals surface area contributed by atoms with Crippen LogP contribution in [0.4, 0.5) is 0 Å². The average molecular weight is 284 g/mol. The third-order valence-electron chi connectivity index (χ3n) is 5.05. The Morgan fingerprint density at radius 2 is 1.75 bits per heavy atom. The molecule has 1 heterocycles. The standard InChI is InChI=1S/C15H28N2O3/c1-11-4-3-5-12(2)17(11)16-10-15(20)8-6-13(7-9-15)14(18)19/h11-13,16,20H,3-10H2,1-2H3,(H,18,19). The Bertz CT molecular complexity index is 330. The van der Waals surface area contributed by atoms with E-state index in [1.54, 1.807) is 0 Å². The molecule has 0 aromatic carbocycles. The molecule has 5 heteroatoms. The molecule has 5 nitrogen and oxygen atoms in total. The number of hydrogen-bond donors (Lipinski definition) is 3. The number of nitrogens with zero attached hydrogens (tertiary/aromatic N) is 1. The highest BCUT2D eigenvalue weighted by Crippen LogP contribution is 2.32. The predicted molar refractivity (Wildman–Crippen MR) is 77.2 cm³/mol. The first-order valence-corrected chi connectivity index (χ1v) is 7.88. The Balaban J connectivity index is 1.82. The van der Waals surface area contributed by atoms with Gasteiger partial charge in [-0.1, -0.05) is 6.42 Å². The van der Waals surface area contributed by atoms with Gasteiger partial charge in [-0.3, -0.25) is 10.2 Å². The molecule has 3 N–H and O–H groups in total. The fraction of sp³-hybridized carbons (Fsp3) is 0.933. The SMILES string of the molecule is CC1CCCC(C)N1NCC1(O)CCC(C(=O)O)CC1. The van der Waals surface area contributed by atoms with Gasteiger partial charge in [0.2, 0.25) is 0 Å². The molecular formula is C15H28N2O3. The smallest absolute Gasteiger partial charge is 0.306 e. The van der Waals surface area contributed by atoms with E-state index in [0.29, 0.717) is 44.3 Å². The highest BCUT2D eigenvalue weighted by molar-refractivity contribution is 5.70. The van der Waals surface area contributed by atoms with Crippen LogP contribution in [0.3, 0.4) is 0 Å². The number of piperidine rings is 1. The summed E-state index contributed by atoms with van der Waals surface area (Å²) < 4.78 is 0. The first-order chi connectivity index (χ1) is 9.41. The van der Waals surface area contributed by atoms with Crippen molar-refractivity contribution >= 4 is 5.97 Å². The molecule has 2 unspecified atom stereocenters. The number of aliphatic carboxylic acids is 1. The number of nitrogens with one attached hydrogen (secondary N) is 1. The zero-order valence-electron chi connectivity index (χ0n) is 12.6. The van der Waals surface area contributed by atoms with Gasteiger partial charge in [-0.15, -0.1) is 0 Å². The molecule has 20 heavy (non-hydrogen) atoms. The Morgan fingerprint density at radius 1 is 1.20 bits per heavy atom. The lowest BCUT2D eigenvalue weighted by atomic mass is 9.79. The first-order valence-electron chi connectivity index (χ1n) is 7.88. The predicted octanol–water partition coefficient (Wildman–Crippen LogP) is 1.76. The van der Waals surface area contributed by atoms with Crippen molar-refractivity contribution < 1.29 is 15.0 Å². The number of carboxylic acid groups (broad SMARTS) is 1. The van der Waals surface area contributed by atoms with E-state index in [4.69, 9.17) is 5.11 Å². The molecule has 1 saturated heterocycles. The van der Waals surface area contributed by atoms with E-state index in [-0.39, 0.29) is 5.92 Å². The summed E-state index contributed by atoms with van der Waals surface area (Å²) in [4.78, 5) is 11.0. The van der Waals surface area contributed by atoms with Crippen LogP contribution in [-0.2, 0) is 4.79 Å².